The number of amides is 1. The molecule has 2 N–H and O–H groups in total. The molecule has 2 heterocycles. The van der Waals surface area contributed by atoms with Gasteiger partial charge in [-0.2, -0.15) is 26.3 Å². The number of halogens is 6. The summed E-state index contributed by atoms with van der Waals surface area (Å²) in [6.45, 7) is 2.25. The van der Waals surface area contributed by atoms with Crippen LogP contribution in [-0.2, 0) is 22.3 Å². The first-order valence-corrected chi connectivity index (χ1v) is 12.1. The number of nitrogens with zero attached hydrogens (tertiary/aromatic N) is 2. The molecule has 2 fully saturated rings. The summed E-state index contributed by atoms with van der Waals surface area (Å²) in [6, 6.07) is 3.71. The molecule has 2 aliphatic heterocycles. The van der Waals surface area contributed by atoms with Crippen molar-refractivity contribution in [3.8, 4) is 0 Å². The first-order chi connectivity index (χ1) is 17.2. The topological polar surface area (TPSA) is 82.1 Å². The Hall–Kier alpha value is -2.70. The standard InChI is InChI=1S/C24H31F6N3O4/c1-16(23(25,26)27)37-21(36)32-10-6-22(7-11-32)5-3-9-33(22)15-17-12-18(24(28,29)30)14-19(13-17)31-8-2-4-20(34)35/h12-14,16,31H,2-11,15H2,1H3,(H,34,35). The summed E-state index contributed by atoms with van der Waals surface area (Å²) in [4.78, 5) is 26.2. The average molecular weight is 540 g/mol. The Bertz CT molecular complexity index is 961. The largest absolute Gasteiger partial charge is 0.481 e. The number of carboxylic acid groups (broad SMARTS) is 1. The maximum atomic E-state index is 13.5. The molecule has 0 radical (unpaired) electrons. The van der Waals surface area contributed by atoms with Gasteiger partial charge in [-0.05, 0) is 69.3 Å². The van der Waals surface area contributed by atoms with Gasteiger partial charge >= 0.3 is 24.4 Å². The Morgan fingerprint density at radius 1 is 1.08 bits per heavy atom. The summed E-state index contributed by atoms with van der Waals surface area (Å²) in [7, 11) is 0. The predicted octanol–water partition coefficient (Wildman–Crippen LogP) is 5.50. The highest BCUT2D eigenvalue weighted by Crippen LogP contribution is 2.40. The SMILES string of the molecule is CC(OC(=O)N1CCC2(CCCN2Cc2cc(NCCCC(=O)O)cc(C(F)(F)F)c2)CC1)C(F)(F)F. The number of ether oxygens (including phenoxy) is 1. The molecular weight excluding hydrogens is 508 g/mol. The maximum absolute atomic E-state index is 13.5. The number of carbonyl (C=O) groups excluding carboxylic acids is 1. The van der Waals surface area contributed by atoms with Crippen LogP contribution < -0.4 is 5.32 Å². The molecule has 1 spiro atoms. The normalized spacial score (nSPS) is 19.2. The van der Waals surface area contributed by atoms with Crippen LogP contribution in [0.15, 0.2) is 18.2 Å². The molecule has 37 heavy (non-hydrogen) atoms. The highest BCUT2D eigenvalue weighted by molar-refractivity contribution is 5.68. The van der Waals surface area contributed by atoms with Crippen molar-refractivity contribution < 1.29 is 45.8 Å². The Balaban J connectivity index is 1.67. The van der Waals surface area contributed by atoms with Gasteiger partial charge in [0.05, 0.1) is 5.56 Å². The quantitative estimate of drug-likeness (QED) is 0.336. The molecule has 13 heteroatoms. The first kappa shape index (κ1) is 28.9. The number of hydrogen-bond donors (Lipinski definition) is 2. The number of alkyl halides is 6. The number of rotatable bonds is 8. The van der Waals surface area contributed by atoms with Gasteiger partial charge in [0.1, 0.15) is 0 Å². The fourth-order valence-electron chi connectivity index (χ4n) is 4.95. The molecule has 0 aromatic heterocycles. The summed E-state index contributed by atoms with van der Waals surface area (Å²) < 4.78 is 83.4. The van der Waals surface area contributed by atoms with Crippen molar-refractivity contribution in [1.29, 1.82) is 0 Å². The van der Waals surface area contributed by atoms with Crippen LogP contribution in [0, 0.1) is 0 Å². The predicted molar refractivity (Wildman–Crippen MR) is 122 cm³/mol. The number of hydrogen-bond acceptors (Lipinski definition) is 5. The van der Waals surface area contributed by atoms with E-state index in [1.54, 1.807) is 6.07 Å². The molecule has 2 saturated heterocycles. The van der Waals surface area contributed by atoms with E-state index in [1.807, 2.05) is 0 Å². The lowest BCUT2D eigenvalue weighted by Gasteiger charge is -2.45. The van der Waals surface area contributed by atoms with Crippen molar-refractivity contribution >= 4 is 17.7 Å². The maximum Gasteiger partial charge on any atom is 0.425 e. The van der Waals surface area contributed by atoms with Gasteiger partial charge < -0.3 is 20.1 Å². The van der Waals surface area contributed by atoms with Crippen molar-refractivity contribution in [1.82, 2.24) is 9.80 Å². The zero-order valence-electron chi connectivity index (χ0n) is 20.4. The smallest absolute Gasteiger partial charge is 0.425 e. The molecule has 1 amide bonds. The molecule has 1 unspecified atom stereocenters. The van der Waals surface area contributed by atoms with Gasteiger partial charge in [-0.25, -0.2) is 4.79 Å². The van der Waals surface area contributed by atoms with Gasteiger partial charge in [0.15, 0.2) is 6.10 Å². The van der Waals surface area contributed by atoms with Crippen LogP contribution in [0.1, 0.15) is 56.6 Å². The van der Waals surface area contributed by atoms with Gasteiger partial charge in [-0.3, -0.25) is 9.69 Å². The molecule has 0 aliphatic carbocycles. The lowest BCUT2D eigenvalue weighted by Crippen LogP contribution is -2.53. The monoisotopic (exact) mass is 539 g/mol. The van der Waals surface area contributed by atoms with Crippen LogP contribution in [0.3, 0.4) is 0 Å². The molecule has 0 saturated carbocycles. The minimum absolute atomic E-state index is 0.102. The molecule has 208 valence electrons. The van der Waals surface area contributed by atoms with E-state index in [9.17, 15) is 35.9 Å². The second-order valence-corrected chi connectivity index (χ2v) is 9.64. The third kappa shape index (κ3) is 7.65. The number of likely N-dealkylation sites (tertiary alicyclic amines) is 2. The van der Waals surface area contributed by atoms with Crippen molar-refractivity contribution in [2.45, 2.75) is 76.0 Å². The van der Waals surface area contributed by atoms with Gasteiger partial charge in [0.2, 0.25) is 0 Å². The molecule has 1 aromatic carbocycles. The van der Waals surface area contributed by atoms with Gasteiger partial charge in [0, 0.05) is 43.8 Å². The van der Waals surface area contributed by atoms with Gasteiger partial charge in [-0.15, -0.1) is 0 Å². The van der Waals surface area contributed by atoms with Crippen LogP contribution >= 0.6 is 0 Å². The molecular formula is C24H31F6N3O4. The number of anilines is 1. The van der Waals surface area contributed by atoms with E-state index in [-0.39, 0.29) is 50.2 Å². The van der Waals surface area contributed by atoms with Crippen LogP contribution in [0.2, 0.25) is 0 Å². The van der Waals surface area contributed by atoms with E-state index in [0.29, 0.717) is 24.9 Å². The second kappa shape index (κ2) is 11.4. The fraction of sp³-hybridized carbons (Fsp3) is 0.667. The third-order valence-electron chi connectivity index (χ3n) is 7.02. The highest BCUT2D eigenvalue weighted by Gasteiger charge is 2.45. The van der Waals surface area contributed by atoms with Crippen molar-refractivity contribution in [2.75, 3.05) is 31.5 Å². The molecule has 0 bridgehead atoms. The molecule has 7 nitrogen and oxygen atoms in total. The second-order valence-electron chi connectivity index (χ2n) is 9.64. The zero-order valence-corrected chi connectivity index (χ0v) is 20.4. The van der Waals surface area contributed by atoms with E-state index < -0.39 is 36.1 Å². The minimum atomic E-state index is -4.65. The number of carbonyl (C=O) groups is 2. The molecule has 1 aromatic rings. The minimum Gasteiger partial charge on any atom is -0.481 e. The third-order valence-corrected chi connectivity index (χ3v) is 7.02. The van der Waals surface area contributed by atoms with Crippen LogP contribution in [0.5, 0.6) is 0 Å². The Kier molecular flexibility index (Phi) is 8.86. The molecule has 1 atom stereocenters. The van der Waals surface area contributed by atoms with Crippen molar-refractivity contribution in [2.24, 2.45) is 0 Å². The number of benzene rings is 1. The summed E-state index contributed by atoms with van der Waals surface area (Å²) >= 11 is 0. The van der Waals surface area contributed by atoms with E-state index >= 15 is 0 Å². The van der Waals surface area contributed by atoms with E-state index in [1.165, 1.54) is 4.90 Å². The lowest BCUT2D eigenvalue weighted by molar-refractivity contribution is -0.200. The van der Waals surface area contributed by atoms with E-state index in [0.717, 1.165) is 31.9 Å². The van der Waals surface area contributed by atoms with Crippen LogP contribution in [0.25, 0.3) is 0 Å². The summed E-state index contributed by atoms with van der Waals surface area (Å²) in [6.07, 6.45) is -9.76. The van der Waals surface area contributed by atoms with E-state index in [4.69, 9.17) is 5.11 Å². The van der Waals surface area contributed by atoms with Crippen LogP contribution in [0.4, 0.5) is 36.8 Å². The Labute approximate surface area is 210 Å². The fourth-order valence-corrected chi connectivity index (χ4v) is 4.95. The molecule has 3 rings (SSSR count). The zero-order chi connectivity index (χ0) is 27.4. The Morgan fingerprint density at radius 2 is 1.76 bits per heavy atom. The van der Waals surface area contributed by atoms with Crippen molar-refractivity contribution in [3.05, 3.63) is 29.3 Å². The number of nitrogens with one attached hydrogen (secondary N) is 1. The van der Waals surface area contributed by atoms with Gasteiger partial charge in [0.25, 0.3) is 0 Å². The number of carboxylic acids is 1. The first-order valence-electron chi connectivity index (χ1n) is 12.1. The average Bonchev–Trinajstić information content (AvgIpc) is 3.17. The highest BCUT2D eigenvalue weighted by atomic mass is 19.4. The van der Waals surface area contributed by atoms with Gasteiger partial charge in [-0.1, -0.05) is 0 Å². The van der Waals surface area contributed by atoms with Crippen LogP contribution in [-0.4, -0.2) is 71.0 Å². The van der Waals surface area contributed by atoms with E-state index in [2.05, 4.69) is 15.0 Å². The summed E-state index contributed by atoms with van der Waals surface area (Å²) in [5.41, 5.74) is -0.483. The van der Waals surface area contributed by atoms with Crippen molar-refractivity contribution in [3.63, 3.8) is 0 Å². The number of piperidine rings is 1. The lowest BCUT2D eigenvalue weighted by atomic mass is 9.85. The molecule has 2 aliphatic rings. The Morgan fingerprint density at radius 3 is 2.35 bits per heavy atom. The summed E-state index contributed by atoms with van der Waals surface area (Å²) in [5, 5.41) is 11.6. The number of aliphatic carboxylic acids is 1. The summed E-state index contributed by atoms with van der Waals surface area (Å²) in [5.74, 6) is -0.986.